The van der Waals surface area contributed by atoms with E-state index in [1.807, 2.05) is 0 Å². The molecular weight excluding hydrogens is 210 g/mol. The maximum Gasteiger partial charge on any atom is 0.203 e. The van der Waals surface area contributed by atoms with Crippen LogP contribution in [0.25, 0.3) is 0 Å². The van der Waals surface area contributed by atoms with Crippen LogP contribution in [0.4, 0.5) is 5.95 Å². The smallest absolute Gasteiger partial charge is 0.203 e. The first-order chi connectivity index (χ1) is 7.92. The maximum absolute atomic E-state index is 4.53. The summed E-state index contributed by atoms with van der Waals surface area (Å²) in [5.41, 5.74) is 1.47. The number of aromatic nitrogens is 2. The van der Waals surface area contributed by atoms with E-state index in [0.717, 1.165) is 31.2 Å². The second kappa shape index (κ2) is 6.08. The fraction of sp³-hybridized carbons (Fsp3) is 0.786. The minimum absolute atomic E-state index is 0.378. The van der Waals surface area contributed by atoms with E-state index in [1.165, 1.54) is 12.8 Å². The molecule has 0 aromatic carbocycles. The molecule has 1 aromatic heterocycles. The summed E-state index contributed by atoms with van der Waals surface area (Å²) in [6.07, 6.45) is 5.73. The largest absolute Gasteiger partial charge is 0.356 e. The number of rotatable bonds is 6. The van der Waals surface area contributed by atoms with Crippen LogP contribution in [0.2, 0.25) is 0 Å². The number of hydrogen-bond acceptors (Lipinski definition) is 2. The van der Waals surface area contributed by atoms with E-state index in [4.69, 9.17) is 0 Å². The molecule has 3 nitrogen and oxygen atoms in total. The predicted octanol–water partition coefficient (Wildman–Crippen LogP) is 3.84. The van der Waals surface area contributed by atoms with Crippen molar-refractivity contribution >= 4 is 5.95 Å². The third-order valence-electron chi connectivity index (χ3n) is 2.81. The summed E-state index contributed by atoms with van der Waals surface area (Å²) in [4.78, 5) is 4.53. The summed E-state index contributed by atoms with van der Waals surface area (Å²) in [6, 6.07) is 0. The summed E-state index contributed by atoms with van der Waals surface area (Å²) < 4.78 is 2.24. The second-order valence-electron chi connectivity index (χ2n) is 5.99. The fourth-order valence-electron chi connectivity index (χ4n) is 1.74. The molecule has 0 spiro atoms. The van der Waals surface area contributed by atoms with Gasteiger partial charge in [-0.15, -0.1) is 0 Å². The number of aryl methyl sites for hydroxylation is 2. The molecule has 0 aliphatic heterocycles. The van der Waals surface area contributed by atoms with Crippen LogP contribution in [-0.2, 0) is 6.54 Å². The summed E-state index contributed by atoms with van der Waals surface area (Å²) in [5.74, 6) is 1.03. The maximum atomic E-state index is 4.53. The zero-order valence-corrected chi connectivity index (χ0v) is 12.0. The molecule has 1 N–H and O–H groups in total. The molecule has 17 heavy (non-hydrogen) atoms. The molecule has 1 rings (SSSR count). The lowest BCUT2D eigenvalue weighted by atomic mass is 9.92. The lowest BCUT2D eigenvalue weighted by molar-refractivity contribution is 0.389. The van der Waals surface area contributed by atoms with Gasteiger partial charge in [0.05, 0.1) is 5.69 Å². The van der Waals surface area contributed by atoms with E-state index in [1.54, 1.807) is 0 Å². The van der Waals surface area contributed by atoms with Crippen LogP contribution >= 0.6 is 0 Å². The van der Waals surface area contributed by atoms with Gasteiger partial charge in [-0.2, -0.15) is 0 Å². The molecule has 0 aliphatic carbocycles. The number of nitrogens with one attached hydrogen (secondary N) is 1. The van der Waals surface area contributed by atoms with Crippen molar-refractivity contribution in [3.63, 3.8) is 0 Å². The van der Waals surface area contributed by atoms with Crippen molar-refractivity contribution in [1.29, 1.82) is 0 Å². The second-order valence-corrected chi connectivity index (χ2v) is 5.99. The Morgan fingerprint density at radius 2 is 2.06 bits per heavy atom. The Kier molecular flexibility index (Phi) is 5.03. The molecule has 98 valence electrons. The van der Waals surface area contributed by atoms with Crippen LogP contribution < -0.4 is 5.32 Å². The van der Waals surface area contributed by atoms with E-state index in [-0.39, 0.29) is 0 Å². The summed E-state index contributed by atoms with van der Waals surface area (Å²) in [5, 5.41) is 3.45. The molecule has 0 bridgehead atoms. The normalized spacial score (nSPS) is 11.8. The van der Waals surface area contributed by atoms with E-state index in [2.05, 4.69) is 55.7 Å². The lowest BCUT2D eigenvalue weighted by Crippen LogP contribution is -2.15. The van der Waals surface area contributed by atoms with Gasteiger partial charge in [-0.25, -0.2) is 4.98 Å². The first kappa shape index (κ1) is 14.1. The van der Waals surface area contributed by atoms with Gasteiger partial charge in [0.15, 0.2) is 0 Å². The van der Waals surface area contributed by atoms with Crippen molar-refractivity contribution in [2.45, 2.75) is 60.4 Å². The Balaban J connectivity index is 2.51. The number of imidazole rings is 1. The average molecular weight is 237 g/mol. The van der Waals surface area contributed by atoms with E-state index < -0.39 is 0 Å². The molecule has 0 radical (unpaired) electrons. The molecule has 0 aliphatic rings. The Hall–Kier alpha value is -0.990. The van der Waals surface area contributed by atoms with Crippen molar-refractivity contribution < 1.29 is 0 Å². The molecule has 1 heterocycles. The van der Waals surface area contributed by atoms with Gasteiger partial charge in [0.1, 0.15) is 0 Å². The molecule has 0 atom stereocenters. The van der Waals surface area contributed by atoms with E-state index in [9.17, 15) is 0 Å². The minimum Gasteiger partial charge on any atom is -0.356 e. The fourth-order valence-corrected chi connectivity index (χ4v) is 1.74. The zero-order chi connectivity index (χ0) is 12.9. The van der Waals surface area contributed by atoms with Gasteiger partial charge < -0.3 is 9.88 Å². The highest BCUT2D eigenvalue weighted by Crippen LogP contribution is 2.18. The molecule has 0 amide bonds. The number of anilines is 1. The van der Waals surface area contributed by atoms with Crippen LogP contribution in [0.1, 0.15) is 52.7 Å². The highest BCUT2D eigenvalue weighted by molar-refractivity contribution is 5.28. The third kappa shape index (κ3) is 5.24. The third-order valence-corrected chi connectivity index (χ3v) is 2.81. The highest BCUT2D eigenvalue weighted by Gasteiger charge is 2.10. The van der Waals surface area contributed by atoms with E-state index >= 15 is 0 Å². The SMILES string of the molecule is CCCCn1cc(C)nc1NCCC(C)(C)C. The highest BCUT2D eigenvalue weighted by atomic mass is 15.2. The molecule has 0 saturated carbocycles. The Morgan fingerprint density at radius 1 is 1.35 bits per heavy atom. The van der Waals surface area contributed by atoms with Crippen molar-refractivity contribution in [2.75, 3.05) is 11.9 Å². The molecule has 1 aromatic rings. The summed E-state index contributed by atoms with van der Waals surface area (Å²) >= 11 is 0. The first-order valence-electron chi connectivity index (χ1n) is 6.70. The van der Waals surface area contributed by atoms with Crippen molar-refractivity contribution in [3.8, 4) is 0 Å². The van der Waals surface area contributed by atoms with Crippen LogP contribution in [0, 0.1) is 12.3 Å². The monoisotopic (exact) mass is 237 g/mol. The van der Waals surface area contributed by atoms with Gasteiger partial charge in [0.2, 0.25) is 5.95 Å². The van der Waals surface area contributed by atoms with Crippen LogP contribution in [0.15, 0.2) is 6.20 Å². The Morgan fingerprint density at radius 3 is 2.65 bits per heavy atom. The van der Waals surface area contributed by atoms with Gasteiger partial charge in [-0.05, 0) is 25.2 Å². The van der Waals surface area contributed by atoms with Crippen LogP contribution in [0.3, 0.4) is 0 Å². The quantitative estimate of drug-likeness (QED) is 0.814. The Bertz CT molecular complexity index is 334. The van der Waals surface area contributed by atoms with Gasteiger partial charge in [-0.3, -0.25) is 0 Å². The number of unbranched alkanes of at least 4 members (excludes halogenated alkanes) is 1. The predicted molar refractivity (Wildman–Crippen MR) is 74.4 cm³/mol. The van der Waals surface area contributed by atoms with Crippen molar-refractivity contribution in [1.82, 2.24) is 9.55 Å². The van der Waals surface area contributed by atoms with Gasteiger partial charge >= 0.3 is 0 Å². The Labute approximate surface area is 106 Å². The van der Waals surface area contributed by atoms with Crippen LogP contribution in [0.5, 0.6) is 0 Å². The van der Waals surface area contributed by atoms with E-state index in [0.29, 0.717) is 5.41 Å². The van der Waals surface area contributed by atoms with Gasteiger partial charge in [0.25, 0.3) is 0 Å². The van der Waals surface area contributed by atoms with Crippen molar-refractivity contribution in [3.05, 3.63) is 11.9 Å². The number of hydrogen-bond donors (Lipinski definition) is 1. The standard InChI is InChI=1S/C14H27N3/c1-6-7-10-17-11-12(2)16-13(17)15-9-8-14(3,4)5/h11H,6-10H2,1-5H3,(H,15,16). The molecule has 0 fully saturated rings. The minimum atomic E-state index is 0.378. The first-order valence-corrected chi connectivity index (χ1v) is 6.70. The van der Waals surface area contributed by atoms with Crippen LogP contribution in [-0.4, -0.2) is 16.1 Å². The number of nitrogens with zero attached hydrogens (tertiary/aromatic N) is 2. The molecular formula is C14H27N3. The topological polar surface area (TPSA) is 29.9 Å². The molecule has 3 heteroatoms. The molecule has 0 saturated heterocycles. The van der Waals surface area contributed by atoms with Crippen molar-refractivity contribution in [2.24, 2.45) is 5.41 Å². The lowest BCUT2D eigenvalue weighted by Gasteiger charge is -2.18. The summed E-state index contributed by atoms with van der Waals surface area (Å²) in [7, 11) is 0. The zero-order valence-electron chi connectivity index (χ0n) is 12.0. The summed E-state index contributed by atoms with van der Waals surface area (Å²) in [6.45, 7) is 13.1. The average Bonchev–Trinajstić information content (AvgIpc) is 2.54. The van der Waals surface area contributed by atoms with Gasteiger partial charge in [-0.1, -0.05) is 34.1 Å². The van der Waals surface area contributed by atoms with Gasteiger partial charge in [0, 0.05) is 19.3 Å². The molecule has 0 unspecified atom stereocenters.